The number of methoxy groups -OCH3 is 5. The van der Waals surface area contributed by atoms with Crippen molar-refractivity contribution in [3.05, 3.63) is 84.4 Å². The van der Waals surface area contributed by atoms with Crippen LogP contribution in [0.2, 0.25) is 0 Å². The lowest BCUT2D eigenvalue weighted by Gasteiger charge is -2.11. The van der Waals surface area contributed by atoms with Crippen LogP contribution in [-0.4, -0.2) is 52.7 Å². The minimum Gasteiger partial charge on any atom is -0.493 e. The number of benzene rings is 2. The van der Waals surface area contributed by atoms with Gasteiger partial charge in [0, 0.05) is 25.4 Å². The molecule has 0 aliphatic carbocycles. The van der Waals surface area contributed by atoms with Crippen LogP contribution in [0.4, 0.5) is 0 Å². The molecule has 0 unspecified atom stereocenters. The molecule has 0 spiro atoms. The smallest absolute Gasteiger partial charge is 0.359 e. The monoisotopic (exact) mass is 581 g/mol. The number of carbonyl (C=O) groups is 1. The Kier molecular flexibility index (Phi) is 17.6. The molecule has 0 fully saturated rings. The number of esters is 1. The largest absolute Gasteiger partial charge is 0.493 e. The molecule has 2 aromatic carbocycles. The molecule has 8 heteroatoms. The molecule has 0 aliphatic rings. The number of rotatable bonds is 13. The van der Waals surface area contributed by atoms with Crippen molar-refractivity contribution in [2.75, 3.05) is 42.2 Å². The van der Waals surface area contributed by atoms with Gasteiger partial charge in [0.05, 0.1) is 41.3 Å². The third-order valence-electron chi connectivity index (χ3n) is 5.92. The Morgan fingerprint density at radius 3 is 1.95 bits per heavy atom. The van der Waals surface area contributed by atoms with Crippen LogP contribution in [0.1, 0.15) is 50.2 Å². The number of aryl methyl sites for hydroxylation is 2. The zero-order valence-corrected chi connectivity index (χ0v) is 26.6. The lowest BCUT2D eigenvalue weighted by molar-refractivity contribution is 0.0650. The Morgan fingerprint density at radius 2 is 1.40 bits per heavy atom. The first-order valence-electron chi connectivity index (χ1n) is 14.1. The van der Waals surface area contributed by atoms with Gasteiger partial charge in [0.2, 0.25) is 0 Å². The van der Waals surface area contributed by atoms with E-state index in [4.69, 9.17) is 28.4 Å². The van der Waals surface area contributed by atoms with Crippen molar-refractivity contribution in [1.82, 2.24) is 4.57 Å². The van der Waals surface area contributed by atoms with Crippen LogP contribution in [0, 0.1) is 0 Å². The van der Waals surface area contributed by atoms with Gasteiger partial charge in [-0.3, -0.25) is 0 Å². The molecule has 0 bridgehead atoms. The standard InChI is InChI=1S/C27H31NO6.C5H10O.C2H6/c1-6-7-14-34-27(29)22-16-21(20-9-11-24(31-3)26(17-20)33-5)18-28(22)13-12-19-8-10-23(30-2)25(15-19)32-4;1-3-4-5-6-2;1-2/h7-11,14-18H,6,12-13H2,1-5H3;3-4H,5H2,1-2H3;1-2H3/b14-7+;4-3-;. The minimum atomic E-state index is -0.413. The van der Waals surface area contributed by atoms with E-state index in [0.29, 0.717) is 41.7 Å². The molecule has 3 aromatic rings. The fourth-order valence-corrected chi connectivity index (χ4v) is 3.78. The van der Waals surface area contributed by atoms with Gasteiger partial charge in [0.15, 0.2) is 23.0 Å². The highest BCUT2D eigenvalue weighted by atomic mass is 16.5. The van der Waals surface area contributed by atoms with Crippen LogP contribution in [0.3, 0.4) is 0 Å². The molecule has 230 valence electrons. The van der Waals surface area contributed by atoms with Crippen molar-refractivity contribution in [2.24, 2.45) is 0 Å². The van der Waals surface area contributed by atoms with Gasteiger partial charge < -0.3 is 33.0 Å². The van der Waals surface area contributed by atoms with Gasteiger partial charge >= 0.3 is 5.97 Å². The Balaban J connectivity index is 0.000000979. The van der Waals surface area contributed by atoms with Crippen LogP contribution in [0.15, 0.2) is 73.2 Å². The maximum Gasteiger partial charge on any atom is 0.359 e. The lowest BCUT2D eigenvalue weighted by atomic mass is 10.1. The van der Waals surface area contributed by atoms with Crippen LogP contribution >= 0.6 is 0 Å². The van der Waals surface area contributed by atoms with Crippen molar-refractivity contribution >= 4 is 5.97 Å². The van der Waals surface area contributed by atoms with Gasteiger partial charge in [-0.25, -0.2) is 4.79 Å². The average molecular weight is 582 g/mol. The average Bonchev–Trinajstić information content (AvgIpc) is 3.48. The molecule has 0 aliphatic heterocycles. The highest BCUT2D eigenvalue weighted by Gasteiger charge is 2.17. The van der Waals surface area contributed by atoms with E-state index in [9.17, 15) is 4.79 Å². The molecule has 0 atom stereocenters. The summed E-state index contributed by atoms with van der Waals surface area (Å²) in [6.07, 6.45) is 10.6. The molecule has 0 saturated heterocycles. The van der Waals surface area contributed by atoms with E-state index in [1.165, 1.54) is 6.26 Å². The van der Waals surface area contributed by atoms with Gasteiger partial charge in [0.1, 0.15) is 5.69 Å². The van der Waals surface area contributed by atoms with E-state index in [-0.39, 0.29) is 0 Å². The Morgan fingerprint density at radius 1 is 0.786 bits per heavy atom. The molecule has 0 amide bonds. The first-order valence-corrected chi connectivity index (χ1v) is 14.1. The maximum absolute atomic E-state index is 12.8. The van der Waals surface area contributed by atoms with E-state index >= 15 is 0 Å². The lowest BCUT2D eigenvalue weighted by Crippen LogP contribution is -2.11. The Labute approximate surface area is 251 Å². The summed E-state index contributed by atoms with van der Waals surface area (Å²) >= 11 is 0. The summed E-state index contributed by atoms with van der Waals surface area (Å²) in [7, 11) is 8.09. The van der Waals surface area contributed by atoms with Crippen LogP contribution in [0.5, 0.6) is 23.0 Å². The van der Waals surface area contributed by atoms with E-state index < -0.39 is 5.97 Å². The summed E-state index contributed by atoms with van der Waals surface area (Å²) in [6, 6.07) is 13.3. The van der Waals surface area contributed by atoms with Crippen molar-refractivity contribution in [2.45, 2.75) is 47.1 Å². The van der Waals surface area contributed by atoms with Gasteiger partial charge in [-0.2, -0.15) is 0 Å². The van der Waals surface area contributed by atoms with Crippen molar-refractivity contribution in [1.29, 1.82) is 0 Å². The second-order valence-corrected chi connectivity index (χ2v) is 8.53. The molecule has 0 radical (unpaired) electrons. The van der Waals surface area contributed by atoms with Gasteiger partial charge in [0.25, 0.3) is 0 Å². The summed E-state index contributed by atoms with van der Waals surface area (Å²) in [4.78, 5) is 12.8. The second kappa shape index (κ2) is 20.7. The minimum absolute atomic E-state index is 0.413. The van der Waals surface area contributed by atoms with E-state index in [0.717, 1.165) is 29.7 Å². The van der Waals surface area contributed by atoms with Crippen LogP contribution < -0.4 is 18.9 Å². The SMILES string of the molecule is C/C=C\COC.CC.CC/C=C/OC(=O)c1cc(-c2ccc(OC)c(OC)c2)cn1CCc1ccc(OC)c(OC)c1. The van der Waals surface area contributed by atoms with Crippen molar-refractivity contribution in [3.8, 4) is 34.1 Å². The molecule has 1 heterocycles. The maximum atomic E-state index is 12.8. The molecule has 42 heavy (non-hydrogen) atoms. The van der Waals surface area contributed by atoms with Crippen molar-refractivity contribution in [3.63, 3.8) is 0 Å². The predicted molar refractivity (Wildman–Crippen MR) is 169 cm³/mol. The van der Waals surface area contributed by atoms with E-state index in [1.807, 2.05) is 93.1 Å². The summed E-state index contributed by atoms with van der Waals surface area (Å²) in [5.41, 5.74) is 3.30. The topological polar surface area (TPSA) is 77.4 Å². The molecular formula is C34H47NO7. The van der Waals surface area contributed by atoms with Crippen molar-refractivity contribution < 1.29 is 33.2 Å². The quantitative estimate of drug-likeness (QED) is 0.116. The van der Waals surface area contributed by atoms with Gasteiger partial charge in [-0.15, -0.1) is 0 Å². The highest BCUT2D eigenvalue weighted by molar-refractivity contribution is 5.90. The number of ether oxygens (including phenoxy) is 6. The first kappa shape index (κ1) is 35.9. The number of hydrogen-bond acceptors (Lipinski definition) is 7. The molecule has 0 N–H and O–H groups in total. The fraction of sp³-hybridized carbons (Fsp3) is 0.382. The number of hydrogen-bond donors (Lipinski definition) is 0. The van der Waals surface area contributed by atoms with E-state index in [2.05, 4.69) is 0 Å². The molecule has 3 rings (SSSR count). The summed E-state index contributed by atoms with van der Waals surface area (Å²) in [6.45, 7) is 9.26. The zero-order chi connectivity index (χ0) is 31.3. The normalized spacial score (nSPS) is 10.4. The highest BCUT2D eigenvalue weighted by Crippen LogP contribution is 2.33. The molecule has 1 aromatic heterocycles. The second-order valence-electron chi connectivity index (χ2n) is 8.53. The van der Waals surface area contributed by atoms with E-state index in [1.54, 1.807) is 41.6 Å². The first-order chi connectivity index (χ1) is 20.5. The Bertz CT molecular complexity index is 1260. The van der Waals surface area contributed by atoms with Crippen LogP contribution in [-0.2, 0) is 22.4 Å². The third-order valence-corrected chi connectivity index (χ3v) is 5.92. The Hall–Kier alpha value is -4.17. The number of nitrogens with zero attached hydrogens (tertiary/aromatic N) is 1. The third kappa shape index (κ3) is 11.0. The summed E-state index contributed by atoms with van der Waals surface area (Å²) in [5, 5.41) is 0. The predicted octanol–water partition coefficient (Wildman–Crippen LogP) is 7.75. The molecule has 0 saturated carbocycles. The molecular weight excluding hydrogens is 534 g/mol. The number of aromatic nitrogens is 1. The van der Waals surface area contributed by atoms with Crippen LogP contribution in [0.25, 0.3) is 11.1 Å². The summed E-state index contributed by atoms with van der Waals surface area (Å²) in [5.74, 6) is 2.19. The van der Waals surface area contributed by atoms with Gasteiger partial charge in [-0.05, 0) is 67.3 Å². The summed E-state index contributed by atoms with van der Waals surface area (Å²) < 4.78 is 33.5. The number of allylic oxidation sites excluding steroid dienone is 2. The molecule has 8 nitrogen and oxygen atoms in total. The zero-order valence-electron chi connectivity index (χ0n) is 26.6. The fourth-order valence-electron chi connectivity index (χ4n) is 3.78. The van der Waals surface area contributed by atoms with Gasteiger partial charge in [-0.1, -0.05) is 45.1 Å². The number of carbonyl (C=O) groups excluding carboxylic acids is 1.